The Morgan fingerprint density at radius 3 is 2.41 bits per heavy atom. The molecular weight excluding hydrogens is 416 g/mol. The molecule has 0 unspecified atom stereocenters. The SMILES string of the molecule is CNS(=O)(=O)c1ccc(Cl)c(C(=O)NCc2cccc(C(=O)OC(C)(C)C)c2)c1. The summed E-state index contributed by atoms with van der Waals surface area (Å²) in [5.41, 5.74) is 0.464. The third-order valence-corrected chi connectivity index (χ3v) is 5.52. The van der Waals surface area contributed by atoms with Gasteiger partial charge in [-0.15, -0.1) is 0 Å². The highest BCUT2D eigenvalue weighted by Crippen LogP contribution is 2.21. The van der Waals surface area contributed by atoms with Gasteiger partial charge in [0.25, 0.3) is 5.91 Å². The molecule has 29 heavy (non-hydrogen) atoms. The van der Waals surface area contributed by atoms with Crippen LogP contribution in [-0.2, 0) is 21.3 Å². The first-order chi connectivity index (χ1) is 13.4. The van der Waals surface area contributed by atoms with Gasteiger partial charge < -0.3 is 10.1 Å². The van der Waals surface area contributed by atoms with E-state index in [1.54, 1.807) is 45.0 Å². The molecule has 9 heteroatoms. The van der Waals surface area contributed by atoms with Gasteiger partial charge in [-0.1, -0.05) is 23.7 Å². The Kier molecular flexibility index (Phi) is 7.05. The molecule has 0 spiro atoms. The molecule has 0 radical (unpaired) electrons. The summed E-state index contributed by atoms with van der Waals surface area (Å²) in [6.45, 7) is 5.46. The first kappa shape index (κ1) is 22.9. The minimum Gasteiger partial charge on any atom is -0.456 e. The fourth-order valence-corrected chi connectivity index (χ4v) is 3.35. The van der Waals surface area contributed by atoms with Crippen LogP contribution in [0.4, 0.5) is 0 Å². The monoisotopic (exact) mass is 438 g/mol. The van der Waals surface area contributed by atoms with E-state index >= 15 is 0 Å². The number of nitrogens with one attached hydrogen (secondary N) is 2. The molecule has 2 N–H and O–H groups in total. The predicted octanol–water partition coefficient (Wildman–Crippen LogP) is 3.13. The molecule has 0 bridgehead atoms. The van der Waals surface area contributed by atoms with Crippen LogP contribution in [0.5, 0.6) is 0 Å². The van der Waals surface area contributed by atoms with Crippen LogP contribution >= 0.6 is 11.6 Å². The van der Waals surface area contributed by atoms with Gasteiger partial charge in [0.2, 0.25) is 10.0 Å². The van der Waals surface area contributed by atoms with Crippen LogP contribution in [0.1, 0.15) is 47.1 Å². The van der Waals surface area contributed by atoms with E-state index < -0.39 is 27.5 Å². The Labute approximate surface area is 175 Å². The van der Waals surface area contributed by atoms with Crippen molar-refractivity contribution in [3.63, 3.8) is 0 Å². The molecule has 0 saturated carbocycles. The summed E-state index contributed by atoms with van der Waals surface area (Å²) in [6, 6.07) is 10.6. The lowest BCUT2D eigenvalue weighted by molar-refractivity contribution is 0.00693. The molecule has 2 aromatic carbocycles. The van der Waals surface area contributed by atoms with Crippen LogP contribution in [0.15, 0.2) is 47.4 Å². The van der Waals surface area contributed by atoms with Gasteiger partial charge in [-0.3, -0.25) is 4.79 Å². The van der Waals surface area contributed by atoms with Crippen molar-refractivity contribution in [1.82, 2.24) is 10.0 Å². The average Bonchev–Trinajstić information content (AvgIpc) is 2.65. The number of carbonyl (C=O) groups is 2. The van der Waals surface area contributed by atoms with Crippen molar-refractivity contribution in [3.8, 4) is 0 Å². The number of hydrogen-bond donors (Lipinski definition) is 2. The quantitative estimate of drug-likeness (QED) is 0.674. The molecule has 0 aliphatic carbocycles. The molecule has 0 atom stereocenters. The zero-order valence-electron chi connectivity index (χ0n) is 16.6. The number of esters is 1. The van der Waals surface area contributed by atoms with Gasteiger partial charge >= 0.3 is 5.97 Å². The minimum absolute atomic E-state index is 0.0336. The van der Waals surface area contributed by atoms with Crippen molar-refractivity contribution >= 4 is 33.5 Å². The molecule has 0 heterocycles. The smallest absolute Gasteiger partial charge is 0.338 e. The fourth-order valence-electron chi connectivity index (χ4n) is 2.39. The van der Waals surface area contributed by atoms with E-state index in [1.807, 2.05) is 0 Å². The van der Waals surface area contributed by atoms with Gasteiger partial charge in [0.15, 0.2) is 0 Å². The van der Waals surface area contributed by atoms with Crippen LogP contribution in [0.3, 0.4) is 0 Å². The number of rotatable bonds is 6. The molecule has 0 fully saturated rings. The number of carbonyl (C=O) groups excluding carboxylic acids is 2. The molecule has 0 aliphatic heterocycles. The highest BCUT2D eigenvalue weighted by Gasteiger charge is 2.19. The van der Waals surface area contributed by atoms with E-state index in [2.05, 4.69) is 10.0 Å². The maximum atomic E-state index is 12.5. The van der Waals surface area contributed by atoms with Crippen LogP contribution in [0.2, 0.25) is 5.02 Å². The summed E-state index contributed by atoms with van der Waals surface area (Å²) in [4.78, 5) is 24.6. The lowest BCUT2D eigenvalue weighted by Crippen LogP contribution is -2.25. The lowest BCUT2D eigenvalue weighted by atomic mass is 10.1. The first-order valence-corrected chi connectivity index (χ1v) is 10.6. The maximum absolute atomic E-state index is 12.5. The minimum atomic E-state index is -3.71. The van der Waals surface area contributed by atoms with Gasteiger partial charge in [0.1, 0.15) is 5.60 Å². The van der Waals surface area contributed by atoms with Crippen molar-refractivity contribution in [2.24, 2.45) is 0 Å². The number of ether oxygens (including phenoxy) is 1. The maximum Gasteiger partial charge on any atom is 0.338 e. The second-order valence-corrected chi connectivity index (χ2v) is 9.53. The molecule has 0 aliphatic rings. The number of sulfonamides is 1. The van der Waals surface area contributed by atoms with E-state index in [0.717, 1.165) is 0 Å². The summed E-state index contributed by atoms with van der Waals surface area (Å²) >= 11 is 6.06. The van der Waals surface area contributed by atoms with Gasteiger partial charge in [-0.05, 0) is 63.7 Å². The van der Waals surface area contributed by atoms with Gasteiger partial charge in [0, 0.05) is 6.54 Å². The largest absolute Gasteiger partial charge is 0.456 e. The lowest BCUT2D eigenvalue weighted by Gasteiger charge is -2.19. The molecular formula is C20H23ClN2O5S. The summed E-state index contributed by atoms with van der Waals surface area (Å²) in [7, 11) is -2.43. The van der Waals surface area contributed by atoms with E-state index in [0.29, 0.717) is 11.1 Å². The van der Waals surface area contributed by atoms with E-state index in [-0.39, 0.29) is 22.0 Å². The summed E-state index contributed by atoms with van der Waals surface area (Å²) in [5.74, 6) is -0.996. The third kappa shape index (κ3) is 6.28. The molecule has 2 rings (SSSR count). The van der Waals surface area contributed by atoms with E-state index in [1.165, 1.54) is 25.2 Å². The Morgan fingerprint density at radius 2 is 1.79 bits per heavy atom. The second-order valence-electron chi connectivity index (χ2n) is 7.23. The van der Waals surface area contributed by atoms with Gasteiger partial charge in [-0.25, -0.2) is 17.9 Å². The molecule has 1 amide bonds. The summed E-state index contributed by atoms with van der Waals surface area (Å²) in [6.07, 6.45) is 0. The number of hydrogen-bond acceptors (Lipinski definition) is 5. The zero-order valence-corrected chi connectivity index (χ0v) is 18.1. The predicted molar refractivity (Wildman–Crippen MR) is 110 cm³/mol. The van der Waals surface area contributed by atoms with Crippen LogP contribution < -0.4 is 10.0 Å². The summed E-state index contributed by atoms with van der Waals surface area (Å²) < 4.78 is 31.4. The number of benzene rings is 2. The molecule has 2 aromatic rings. The fraction of sp³-hybridized carbons (Fsp3) is 0.300. The Bertz CT molecular complexity index is 1030. The third-order valence-electron chi connectivity index (χ3n) is 3.78. The van der Waals surface area contributed by atoms with Crippen molar-refractivity contribution in [2.75, 3.05) is 7.05 Å². The average molecular weight is 439 g/mol. The standard InChI is InChI=1S/C20H23ClN2O5S/c1-20(2,3)28-19(25)14-7-5-6-13(10-14)12-23-18(24)16-11-15(8-9-17(16)21)29(26,27)22-4/h5-11,22H,12H2,1-4H3,(H,23,24). The normalized spacial score (nSPS) is 11.8. The number of amides is 1. The first-order valence-electron chi connectivity index (χ1n) is 8.76. The van der Waals surface area contributed by atoms with Crippen molar-refractivity contribution < 1.29 is 22.7 Å². The Morgan fingerprint density at radius 1 is 1.10 bits per heavy atom. The second kappa shape index (κ2) is 8.94. The topological polar surface area (TPSA) is 102 Å². The molecule has 0 aromatic heterocycles. The Hall–Kier alpha value is -2.42. The Balaban J connectivity index is 2.15. The van der Waals surface area contributed by atoms with Crippen molar-refractivity contribution in [3.05, 3.63) is 64.2 Å². The molecule has 0 saturated heterocycles. The highest BCUT2D eigenvalue weighted by molar-refractivity contribution is 7.89. The number of halogens is 1. The highest BCUT2D eigenvalue weighted by atomic mass is 35.5. The van der Waals surface area contributed by atoms with Gasteiger partial charge in [0.05, 0.1) is 21.0 Å². The molecule has 156 valence electrons. The van der Waals surface area contributed by atoms with E-state index in [9.17, 15) is 18.0 Å². The van der Waals surface area contributed by atoms with Crippen LogP contribution in [0, 0.1) is 0 Å². The van der Waals surface area contributed by atoms with Crippen molar-refractivity contribution in [1.29, 1.82) is 0 Å². The van der Waals surface area contributed by atoms with Gasteiger partial charge in [-0.2, -0.15) is 0 Å². The van der Waals surface area contributed by atoms with Crippen molar-refractivity contribution in [2.45, 2.75) is 37.8 Å². The molecule has 7 nitrogen and oxygen atoms in total. The van der Waals surface area contributed by atoms with E-state index in [4.69, 9.17) is 16.3 Å². The zero-order chi connectivity index (χ0) is 21.8. The van der Waals surface area contributed by atoms with Crippen LogP contribution in [0.25, 0.3) is 0 Å². The van der Waals surface area contributed by atoms with Crippen LogP contribution in [-0.4, -0.2) is 32.9 Å². The summed E-state index contributed by atoms with van der Waals surface area (Å²) in [5, 5.41) is 2.80.